The maximum atomic E-state index is 12.7. The Morgan fingerprint density at radius 1 is 1.07 bits per heavy atom. The molecule has 0 aliphatic heterocycles. The molecule has 4 fully saturated rings. The first-order valence-corrected chi connectivity index (χ1v) is 10.4. The fraction of sp³-hybridized carbons (Fsp3) is 0.565. The highest BCUT2D eigenvalue weighted by Gasteiger charge is 2.51. The van der Waals surface area contributed by atoms with E-state index in [2.05, 4.69) is 10.6 Å². The third-order valence-electron chi connectivity index (χ3n) is 6.72. The van der Waals surface area contributed by atoms with E-state index < -0.39 is 6.04 Å². The van der Waals surface area contributed by atoms with E-state index in [1.165, 1.54) is 25.3 Å². The first-order chi connectivity index (χ1) is 13.4. The first kappa shape index (κ1) is 19.0. The van der Waals surface area contributed by atoms with Gasteiger partial charge in [0, 0.05) is 11.6 Å². The monoisotopic (exact) mass is 382 g/mol. The van der Waals surface area contributed by atoms with Gasteiger partial charge in [0.25, 0.3) is 0 Å². The van der Waals surface area contributed by atoms with Gasteiger partial charge in [0.05, 0.1) is 7.11 Å². The highest BCUT2D eigenvalue weighted by atomic mass is 16.5. The van der Waals surface area contributed by atoms with Crippen molar-refractivity contribution in [2.45, 2.75) is 57.0 Å². The quantitative estimate of drug-likeness (QED) is 0.742. The van der Waals surface area contributed by atoms with E-state index in [-0.39, 0.29) is 17.4 Å². The van der Waals surface area contributed by atoms with Crippen LogP contribution in [-0.4, -0.2) is 30.5 Å². The van der Waals surface area contributed by atoms with E-state index >= 15 is 0 Å². The number of hydrogen-bond donors (Lipinski definition) is 2. The second kappa shape index (κ2) is 7.61. The van der Waals surface area contributed by atoms with Crippen LogP contribution in [-0.2, 0) is 9.59 Å². The molecule has 0 saturated heterocycles. The van der Waals surface area contributed by atoms with Crippen LogP contribution < -0.4 is 15.4 Å². The second-order valence-corrected chi connectivity index (χ2v) is 9.02. The van der Waals surface area contributed by atoms with E-state index in [4.69, 9.17) is 4.74 Å². The van der Waals surface area contributed by atoms with Crippen molar-refractivity contribution in [3.8, 4) is 5.75 Å². The number of rotatable bonds is 6. The Balaban J connectivity index is 1.30. The molecule has 1 aromatic rings. The van der Waals surface area contributed by atoms with Crippen LogP contribution in [0.3, 0.4) is 0 Å². The number of methoxy groups -OCH3 is 1. The molecule has 2 N–H and O–H groups in total. The molecule has 2 amide bonds. The van der Waals surface area contributed by atoms with E-state index in [1.807, 2.05) is 24.3 Å². The van der Waals surface area contributed by atoms with Gasteiger partial charge in [-0.25, -0.2) is 0 Å². The van der Waals surface area contributed by atoms with E-state index in [1.54, 1.807) is 20.1 Å². The standard InChI is InChI=1S/C23H30N2O3/c1-15(24-21(26)8-5-16-3-6-20(28-2)7-4-16)22(27)25-23-12-17-9-18(13-23)11-19(10-17)14-23/h3-8,15,17-19H,9-14H2,1-2H3,(H,24,26)(H,25,27)/b8-5+/t15-,17?,18?,19?,23?/m1/s1. The predicted octanol–water partition coefficient (Wildman–Crippen LogP) is 3.30. The molecule has 150 valence electrons. The van der Waals surface area contributed by atoms with Crippen molar-refractivity contribution < 1.29 is 14.3 Å². The lowest BCUT2D eigenvalue weighted by Gasteiger charge is -2.57. The Hall–Kier alpha value is -2.30. The zero-order chi connectivity index (χ0) is 19.7. The number of carbonyl (C=O) groups is 2. The Bertz CT molecular complexity index is 733. The number of benzene rings is 1. The third kappa shape index (κ3) is 4.08. The van der Waals surface area contributed by atoms with Crippen LogP contribution in [0.1, 0.15) is 51.0 Å². The highest BCUT2D eigenvalue weighted by Crippen LogP contribution is 2.55. The van der Waals surface area contributed by atoms with Crippen LogP contribution in [0.5, 0.6) is 5.75 Å². The number of hydrogen-bond acceptors (Lipinski definition) is 3. The van der Waals surface area contributed by atoms with Gasteiger partial charge in [0.1, 0.15) is 11.8 Å². The zero-order valence-electron chi connectivity index (χ0n) is 16.7. The van der Waals surface area contributed by atoms with Crippen molar-refractivity contribution in [1.29, 1.82) is 0 Å². The van der Waals surface area contributed by atoms with Gasteiger partial charge in [0.15, 0.2) is 0 Å². The van der Waals surface area contributed by atoms with Gasteiger partial charge in [-0.1, -0.05) is 12.1 Å². The van der Waals surface area contributed by atoms with Gasteiger partial charge in [0.2, 0.25) is 11.8 Å². The van der Waals surface area contributed by atoms with Gasteiger partial charge in [-0.2, -0.15) is 0 Å². The van der Waals surface area contributed by atoms with Gasteiger partial charge in [-0.15, -0.1) is 0 Å². The number of ether oxygens (including phenoxy) is 1. The lowest BCUT2D eigenvalue weighted by atomic mass is 9.53. The van der Waals surface area contributed by atoms with Crippen LogP contribution in [0.2, 0.25) is 0 Å². The lowest BCUT2D eigenvalue weighted by Crippen LogP contribution is -2.62. The van der Waals surface area contributed by atoms with Crippen molar-refractivity contribution >= 4 is 17.9 Å². The molecule has 28 heavy (non-hydrogen) atoms. The minimum Gasteiger partial charge on any atom is -0.497 e. The minimum absolute atomic E-state index is 0.0241. The molecule has 0 heterocycles. The van der Waals surface area contributed by atoms with Crippen molar-refractivity contribution in [2.75, 3.05) is 7.11 Å². The van der Waals surface area contributed by atoms with Crippen LogP contribution in [0.25, 0.3) is 6.08 Å². The largest absolute Gasteiger partial charge is 0.497 e. The third-order valence-corrected chi connectivity index (χ3v) is 6.72. The van der Waals surface area contributed by atoms with Crippen molar-refractivity contribution in [3.05, 3.63) is 35.9 Å². The van der Waals surface area contributed by atoms with E-state index in [0.29, 0.717) is 0 Å². The molecule has 0 radical (unpaired) electrons. The predicted molar refractivity (Wildman–Crippen MR) is 109 cm³/mol. The minimum atomic E-state index is -0.541. The maximum Gasteiger partial charge on any atom is 0.244 e. The molecule has 5 nitrogen and oxygen atoms in total. The molecule has 4 aliphatic carbocycles. The normalized spacial score (nSPS) is 31.6. The fourth-order valence-corrected chi connectivity index (χ4v) is 5.85. The molecule has 0 aromatic heterocycles. The van der Waals surface area contributed by atoms with Crippen LogP contribution in [0, 0.1) is 17.8 Å². The summed E-state index contributed by atoms with van der Waals surface area (Å²) in [5.41, 5.74) is 0.880. The van der Waals surface area contributed by atoms with Gasteiger partial charge in [-0.05, 0) is 87.0 Å². The van der Waals surface area contributed by atoms with Gasteiger partial charge in [-0.3, -0.25) is 9.59 Å². The molecule has 0 unspecified atom stereocenters. The smallest absolute Gasteiger partial charge is 0.244 e. The average molecular weight is 383 g/mol. The van der Waals surface area contributed by atoms with Crippen LogP contribution in [0.15, 0.2) is 30.3 Å². The molecule has 1 atom stereocenters. The molecular weight excluding hydrogens is 352 g/mol. The maximum absolute atomic E-state index is 12.7. The van der Waals surface area contributed by atoms with Gasteiger partial charge >= 0.3 is 0 Å². The molecule has 5 rings (SSSR count). The molecule has 4 saturated carbocycles. The molecular formula is C23H30N2O3. The average Bonchev–Trinajstić information content (AvgIpc) is 2.65. The summed E-state index contributed by atoms with van der Waals surface area (Å²) in [6.07, 6.45) is 10.6. The Labute approximate surface area is 166 Å². The van der Waals surface area contributed by atoms with Crippen LogP contribution in [0.4, 0.5) is 0 Å². The summed E-state index contributed by atoms with van der Waals surface area (Å²) in [5, 5.41) is 6.12. The summed E-state index contributed by atoms with van der Waals surface area (Å²) in [6.45, 7) is 1.76. The van der Waals surface area contributed by atoms with E-state index in [9.17, 15) is 9.59 Å². The second-order valence-electron chi connectivity index (χ2n) is 9.02. The first-order valence-electron chi connectivity index (χ1n) is 10.4. The number of nitrogens with one attached hydrogen (secondary N) is 2. The summed E-state index contributed by atoms with van der Waals surface area (Å²) >= 11 is 0. The van der Waals surface area contributed by atoms with Crippen molar-refractivity contribution in [2.24, 2.45) is 17.8 Å². The van der Waals surface area contributed by atoms with Gasteiger partial charge < -0.3 is 15.4 Å². The summed E-state index contributed by atoms with van der Waals surface area (Å²) in [4.78, 5) is 25.0. The SMILES string of the molecule is COc1ccc(/C=C/C(=O)N[C@H](C)C(=O)NC23CC4CC(CC(C4)C2)C3)cc1. The highest BCUT2D eigenvalue weighted by molar-refractivity contribution is 5.95. The molecule has 5 heteroatoms. The summed E-state index contributed by atoms with van der Waals surface area (Å²) in [6, 6.07) is 6.91. The molecule has 0 spiro atoms. The molecule has 4 bridgehead atoms. The van der Waals surface area contributed by atoms with E-state index in [0.717, 1.165) is 48.3 Å². The fourth-order valence-electron chi connectivity index (χ4n) is 5.85. The number of carbonyl (C=O) groups excluding carboxylic acids is 2. The number of amides is 2. The Morgan fingerprint density at radius 2 is 1.64 bits per heavy atom. The van der Waals surface area contributed by atoms with Crippen molar-refractivity contribution in [3.63, 3.8) is 0 Å². The summed E-state index contributed by atoms with van der Waals surface area (Å²) in [7, 11) is 1.62. The summed E-state index contributed by atoms with van der Waals surface area (Å²) in [5.74, 6) is 2.80. The molecule has 1 aromatic carbocycles. The summed E-state index contributed by atoms with van der Waals surface area (Å²) < 4.78 is 5.13. The Kier molecular flexibility index (Phi) is 5.17. The molecule has 4 aliphatic rings. The zero-order valence-corrected chi connectivity index (χ0v) is 16.7. The lowest BCUT2D eigenvalue weighted by molar-refractivity contribution is -0.131. The Morgan fingerprint density at radius 3 is 2.18 bits per heavy atom. The topological polar surface area (TPSA) is 67.4 Å². The van der Waals surface area contributed by atoms with Crippen molar-refractivity contribution in [1.82, 2.24) is 10.6 Å². The van der Waals surface area contributed by atoms with Crippen LogP contribution >= 0.6 is 0 Å².